The zero-order valence-electron chi connectivity index (χ0n) is 8.54. The Morgan fingerprint density at radius 2 is 2.00 bits per heavy atom. The minimum atomic E-state index is 0.572. The Morgan fingerprint density at radius 3 is 2.71 bits per heavy atom. The summed E-state index contributed by atoms with van der Waals surface area (Å²) < 4.78 is 0. The van der Waals surface area contributed by atoms with Crippen LogP contribution in [-0.2, 0) is 6.54 Å². The number of benzene rings is 1. The van der Waals surface area contributed by atoms with E-state index in [1.165, 1.54) is 16.5 Å². The Balaban J connectivity index is 2.81. The molecular weight excluding hydrogens is 172 g/mol. The number of nitrogens with two attached hydrogens (primary N) is 1. The minimum absolute atomic E-state index is 0.572. The number of hydrogen-bond acceptors (Lipinski definition) is 2. The van der Waals surface area contributed by atoms with E-state index in [1.807, 2.05) is 6.92 Å². The average molecular weight is 186 g/mol. The lowest BCUT2D eigenvalue weighted by Gasteiger charge is -2.06. The quantitative estimate of drug-likeness (QED) is 0.742. The van der Waals surface area contributed by atoms with Crippen molar-refractivity contribution in [2.45, 2.75) is 20.4 Å². The summed E-state index contributed by atoms with van der Waals surface area (Å²) in [5.74, 6) is 0. The molecule has 14 heavy (non-hydrogen) atoms. The zero-order chi connectivity index (χ0) is 10.1. The summed E-state index contributed by atoms with van der Waals surface area (Å²) >= 11 is 0. The van der Waals surface area contributed by atoms with Crippen molar-refractivity contribution < 1.29 is 0 Å². The topological polar surface area (TPSA) is 38.9 Å². The summed E-state index contributed by atoms with van der Waals surface area (Å²) in [6.07, 6.45) is 0. The maximum atomic E-state index is 5.70. The minimum Gasteiger partial charge on any atom is -0.326 e. The molecule has 0 saturated heterocycles. The van der Waals surface area contributed by atoms with Gasteiger partial charge in [0.1, 0.15) is 0 Å². The van der Waals surface area contributed by atoms with Crippen LogP contribution in [0.3, 0.4) is 0 Å². The van der Waals surface area contributed by atoms with Crippen LogP contribution in [0.1, 0.15) is 16.8 Å². The molecule has 2 aromatic rings. The van der Waals surface area contributed by atoms with Crippen LogP contribution in [0.15, 0.2) is 24.3 Å². The van der Waals surface area contributed by atoms with Crippen LogP contribution < -0.4 is 5.73 Å². The van der Waals surface area contributed by atoms with Gasteiger partial charge in [-0.1, -0.05) is 12.1 Å². The van der Waals surface area contributed by atoms with Crippen LogP contribution in [0, 0.1) is 13.8 Å². The molecule has 1 aromatic heterocycles. The van der Waals surface area contributed by atoms with E-state index in [-0.39, 0.29) is 0 Å². The molecule has 0 saturated carbocycles. The van der Waals surface area contributed by atoms with E-state index in [9.17, 15) is 0 Å². The predicted octanol–water partition coefficient (Wildman–Crippen LogP) is 2.31. The highest BCUT2D eigenvalue weighted by atomic mass is 14.7. The highest BCUT2D eigenvalue weighted by Gasteiger charge is 2.02. The van der Waals surface area contributed by atoms with Crippen molar-refractivity contribution in [1.82, 2.24) is 4.98 Å². The van der Waals surface area contributed by atoms with E-state index < -0.39 is 0 Å². The third-order valence-corrected chi connectivity index (χ3v) is 2.40. The Kier molecular flexibility index (Phi) is 2.22. The normalized spacial score (nSPS) is 10.8. The van der Waals surface area contributed by atoms with Gasteiger partial charge < -0.3 is 5.73 Å². The molecule has 0 unspecified atom stereocenters. The molecule has 2 heteroatoms. The number of rotatable bonds is 1. The molecule has 0 aliphatic carbocycles. The van der Waals surface area contributed by atoms with E-state index in [4.69, 9.17) is 5.73 Å². The number of pyridine rings is 1. The highest BCUT2D eigenvalue weighted by molar-refractivity contribution is 5.83. The van der Waals surface area contributed by atoms with Gasteiger partial charge in [0.2, 0.25) is 0 Å². The van der Waals surface area contributed by atoms with Crippen molar-refractivity contribution >= 4 is 10.9 Å². The first-order valence-electron chi connectivity index (χ1n) is 4.77. The lowest BCUT2D eigenvalue weighted by Crippen LogP contribution is -1.99. The first-order chi connectivity index (χ1) is 6.70. The first kappa shape index (κ1) is 9.16. The predicted molar refractivity (Wildman–Crippen MR) is 59.1 cm³/mol. The van der Waals surface area contributed by atoms with Crippen molar-refractivity contribution in [2.24, 2.45) is 5.73 Å². The van der Waals surface area contributed by atoms with Crippen LogP contribution in [0.2, 0.25) is 0 Å². The van der Waals surface area contributed by atoms with Gasteiger partial charge in [0, 0.05) is 17.6 Å². The second-order valence-corrected chi connectivity index (χ2v) is 3.65. The van der Waals surface area contributed by atoms with E-state index in [1.54, 1.807) is 0 Å². The third-order valence-electron chi connectivity index (χ3n) is 2.40. The van der Waals surface area contributed by atoms with Gasteiger partial charge in [-0.15, -0.1) is 0 Å². The van der Waals surface area contributed by atoms with Crippen LogP contribution >= 0.6 is 0 Å². The lowest BCUT2D eigenvalue weighted by atomic mass is 10.1. The van der Waals surface area contributed by atoms with Crippen molar-refractivity contribution in [2.75, 3.05) is 0 Å². The van der Waals surface area contributed by atoms with Gasteiger partial charge in [-0.2, -0.15) is 0 Å². The maximum Gasteiger partial charge on any atom is 0.0711 e. The fraction of sp³-hybridized carbons (Fsp3) is 0.250. The molecule has 0 spiro atoms. The van der Waals surface area contributed by atoms with Gasteiger partial charge in [-0.3, -0.25) is 4.98 Å². The van der Waals surface area contributed by atoms with E-state index in [0.717, 1.165) is 11.2 Å². The lowest BCUT2D eigenvalue weighted by molar-refractivity contribution is 1.07. The summed E-state index contributed by atoms with van der Waals surface area (Å²) in [7, 11) is 0. The summed E-state index contributed by atoms with van der Waals surface area (Å²) in [5.41, 5.74) is 10.2. The smallest absolute Gasteiger partial charge is 0.0711 e. The molecule has 0 fully saturated rings. The van der Waals surface area contributed by atoms with Crippen LogP contribution in [0.4, 0.5) is 0 Å². The highest BCUT2D eigenvalue weighted by Crippen LogP contribution is 2.19. The third kappa shape index (κ3) is 1.49. The standard InChI is InChI=1S/C12H14N2/c1-8-3-4-11-10(7-13)6-9(2)14-12(11)5-8/h3-6H,7,13H2,1-2H3. The fourth-order valence-electron chi connectivity index (χ4n) is 1.73. The molecule has 0 atom stereocenters. The van der Waals surface area contributed by atoms with Gasteiger partial charge in [0.15, 0.2) is 0 Å². The molecule has 2 N–H and O–H groups in total. The zero-order valence-corrected chi connectivity index (χ0v) is 8.54. The number of nitrogens with zero attached hydrogens (tertiary/aromatic N) is 1. The number of aromatic nitrogens is 1. The molecule has 0 radical (unpaired) electrons. The molecule has 0 aliphatic heterocycles. The van der Waals surface area contributed by atoms with E-state index >= 15 is 0 Å². The Morgan fingerprint density at radius 1 is 1.21 bits per heavy atom. The first-order valence-corrected chi connectivity index (χ1v) is 4.77. The van der Waals surface area contributed by atoms with E-state index in [2.05, 4.69) is 36.2 Å². The summed E-state index contributed by atoms with van der Waals surface area (Å²) in [6, 6.07) is 8.34. The summed E-state index contributed by atoms with van der Waals surface area (Å²) in [5, 5.41) is 1.17. The summed E-state index contributed by atoms with van der Waals surface area (Å²) in [4.78, 5) is 4.49. The van der Waals surface area contributed by atoms with Crippen LogP contribution in [-0.4, -0.2) is 4.98 Å². The van der Waals surface area contributed by atoms with Crippen molar-refractivity contribution in [1.29, 1.82) is 0 Å². The van der Waals surface area contributed by atoms with Crippen LogP contribution in [0.25, 0.3) is 10.9 Å². The number of hydrogen-bond donors (Lipinski definition) is 1. The van der Waals surface area contributed by atoms with Gasteiger partial charge in [-0.25, -0.2) is 0 Å². The van der Waals surface area contributed by atoms with Crippen molar-refractivity contribution in [3.63, 3.8) is 0 Å². The van der Waals surface area contributed by atoms with Gasteiger partial charge in [0.25, 0.3) is 0 Å². The second kappa shape index (κ2) is 3.39. The average Bonchev–Trinajstić information content (AvgIpc) is 2.15. The van der Waals surface area contributed by atoms with Gasteiger partial charge in [-0.05, 0) is 37.1 Å². The molecule has 1 heterocycles. The monoisotopic (exact) mass is 186 g/mol. The van der Waals surface area contributed by atoms with E-state index in [0.29, 0.717) is 6.54 Å². The second-order valence-electron chi connectivity index (χ2n) is 3.65. The van der Waals surface area contributed by atoms with Crippen LogP contribution in [0.5, 0.6) is 0 Å². The number of aryl methyl sites for hydroxylation is 2. The molecule has 2 rings (SSSR count). The fourth-order valence-corrected chi connectivity index (χ4v) is 1.73. The largest absolute Gasteiger partial charge is 0.326 e. The molecular formula is C12H14N2. The maximum absolute atomic E-state index is 5.70. The number of fused-ring (bicyclic) bond motifs is 1. The SMILES string of the molecule is Cc1ccc2c(CN)cc(C)nc2c1. The van der Waals surface area contributed by atoms with Gasteiger partial charge in [0.05, 0.1) is 5.52 Å². The molecule has 1 aromatic carbocycles. The Bertz CT molecular complexity index is 470. The molecule has 0 aliphatic rings. The molecule has 0 amide bonds. The Labute approximate surface area is 83.8 Å². The van der Waals surface area contributed by atoms with Crippen molar-refractivity contribution in [3.8, 4) is 0 Å². The van der Waals surface area contributed by atoms with Crippen molar-refractivity contribution in [3.05, 3.63) is 41.1 Å². The van der Waals surface area contributed by atoms with Gasteiger partial charge >= 0.3 is 0 Å². The molecule has 2 nitrogen and oxygen atoms in total. The molecule has 72 valence electrons. The molecule has 0 bridgehead atoms. The summed E-state index contributed by atoms with van der Waals surface area (Å²) in [6.45, 7) is 4.65. The Hall–Kier alpha value is -1.41.